The van der Waals surface area contributed by atoms with Gasteiger partial charge in [0, 0.05) is 25.3 Å². The van der Waals surface area contributed by atoms with E-state index in [4.69, 9.17) is 14.0 Å². The number of hydrogen-bond acceptors (Lipinski definition) is 5. The Kier molecular flexibility index (Phi) is 6.65. The van der Waals surface area contributed by atoms with Crippen molar-refractivity contribution in [2.45, 2.75) is 20.8 Å². The summed E-state index contributed by atoms with van der Waals surface area (Å²) < 4.78 is 12.2. The highest BCUT2D eigenvalue weighted by Crippen LogP contribution is 2.23. The van der Waals surface area contributed by atoms with Crippen LogP contribution in [0.15, 0.2) is 24.3 Å². The van der Waals surface area contributed by atoms with E-state index in [1.807, 2.05) is 23.5 Å². The third-order valence-corrected chi connectivity index (χ3v) is 3.16. The smallest absolute Gasteiger partial charge is 0.151 e. The highest BCUT2D eigenvalue weighted by Gasteiger charge is 2.18. The highest BCUT2D eigenvalue weighted by atomic mass is 32.2. The Hall–Kier alpha value is -0.750. The molecule has 0 N–H and O–H groups in total. The second-order valence-electron chi connectivity index (χ2n) is 5.34. The summed E-state index contributed by atoms with van der Waals surface area (Å²) in [7, 11) is 3.61. The first-order chi connectivity index (χ1) is 8.94. The first kappa shape index (κ1) is 16.3. The van der Waals surface area contributed by atoms with Crippen LogP contribution in [-0.2, 0) is 14.0 Å². The lowest BCUT2D eigenvalue weighted by Crippen LogP contribution is -2.24. The van der Waals surface area contributed by atoms with Crippen molar-refractivity contribution in [3.05, 3.63) is 29.8 Å². The largest absolute Gasteiger partial charge is 0.384 e. The van der Waals surface area contributed by atoms with Gasteiger partial charge >= 0.3 is 0 Å². The average Bonchev–Trinajstić information content (AvgIpc) is 2.35. The van der Waals surface area contributed by atoms with Gasteiger partial charge in [0.25, 0.3) is 0 Å². The zero-order valence-corrected chi connectivity index (χ0v) is 13.1. The fourth-order valence-corrected chi connectivity index (χ4v) is 1.87. The molecule has 0 fully saturated rings. The number of rotatable bonds is 8. The van der Waals surface area contributed by atoms with Crippen LogP contribution in [0.3, 0.4) is 0 Å². The van der Waals surface area contributed by atoms with Gasteiger partial charge in [-0.1, -0.05) is 31.5 Å². The molecule has 0 aliphatic heterocycles. The molecule has 0 heterocycles. The van der Waals surface area contributed by atoms with Crippen molar-refractivity contribution in [2.24, 2.45) is 5.41 Å². The summed E-state index contributed by atoms with van der Waals surface area (Å²) in [6.07, 6.45) is 0. The van der Waals surface area contributed by atoms with E-state index in [2.05, 4.69) is 32.9 Å². The van der Waals surface area contributed by atoms with E-state index in [1.54, 1.807) is 7.11 Å². The monoisotopic (exact) mass is 285 g/mol. The van der Waals surface area contributed by atoms with Crippen LogP contribution in [0.25, 0.3) is 0 Å². The average molecular weight is 285 g/mol. The molecule has 4 nitrogen and oxygen atoms in total. The zero-order chi connectivity index (χ0) is 14.3. The highest BCUT2D eigenvalue weighted by molar-refractivity contribution is 7.95. The minimum absolute atomic E-state index is 0.0578. The van der Waals surface area contributed by atoms with Crippen molar-refractivity contribution in [1.29, 1.82) is 0 Å². The lowest BCUT2D eigenvalue weighted by Gasteiger charge is -2.22. The Bertz CT molecular complexity index is 367. The van der Waals surface area contributed by atoms with Gasteiger partial charge in [-0.3, -0.25) is 4.31 Å². The van der Waals surface area contributed by atoms with E-state index < -0.39 is 0 Å². The SMILES string of the molecule is COCC(C)(C)COOSN(C)c1ccc(C)cc1. The summed E-state index contributed by atoms with van der Waals surface area (Å²) in [5.41, 5.74) is 2.24. The van der Waals surface area contributed by atoms with Crippen LogP contribution in [0.1, 0.15) is 19.4 Å². The van der Waals surface area contributed by atoms with Crippen LogP contribution >= 0.6 is 12.2 Å². The molecule has 0 saturated carbocycles. The predicted octanol–water partition coefficient (Wildman–Crippen LogP) is 3.62. The Morgan fingerprint density at radius 1 is 1.16 bits per heavy atom. The van der Waals surface area contributed by atoms with Crippen LogP contribution in [0.4, 0.5) is 5.69 Å². The molecule has 0 amide bonds. The van der Waals surface area contributed by atoms with Crippen molar-refractivity contribution in [1.82, 2.24) is 0 Å². The molecule has 5 heteroatoms. The van der Waals surface area contributed by atoms with Gasteiger partial charge in [0.2, 0.25) is 0 Å². The topological polar surface area (TPSA) is 30.9 Å². The number of methoxy groups -OCH3 is 1. The summed E-state index contributed by atoms with van der Waals surface area (Å²) in [5.74, 6) is 0. The van der Waals surface area contributed by atoms with Crippen LogP contribution in [0, 0.1) is 12.3 Å². The summed E-state index contributed by atoms with van der Waals surface area (Å²) in [6.45, 7) is 7.31. The van der Waals surface area contributed by atoms with Crippen LogP contribution in [-0.4, -0.2) is 27.4 Å². The van der Waals surface area contributed by atoms with E-state index >= 15 is 0 Å². The summed E-state index contributed by atoms with van der Waals surface area (Å²) in [6, 6.07) is 8.21. The van der Waals surface area contributed by atoms with Crippen LogP contribution < -0.4 is 4.31 Å². The molecule has 0 atom stereocenters. The standard InChI is InChI=1S/C14H23NO3S/c1-12-6-8-13(9-7-12)15(4)19-18-17-11-14(2,3)10-16-5/h6-9H,10-11H2,1-5H3. The fourth-order valence-electron chi connectivity index (χ4n) is 1.48. The summed E-state index contributed by atoms with van der Waals surface area (Å²) >= 11 is 1.16. The van der Waals surface area contributed by atoms with Gasteiger partial charge in [0.05, 0.1) is 13.2 Å². The molecule has 0 aliphatic rings. The van der Waals surface area contributed by atoms with E-state index in [9.17, 15) is 0 Å². The van der Waals surface area contributed by atoms with Gasteiger partial charge < -0.3 is 4.74 Å². The lowest BCUT2D eigenvalue weighted by atomic mass is 9.97. The number of aryl methyl sites for hydroxylation is 1. The number of anilines is 1. The maximum atomic E-state index is 5.21. The van der Waals surface area contributed by atoms with Crippen LogP contribution in [0.2, 0.25) is 0 Å². The van der Waals surface area contributed by atoms with Gasteiger partial charge in [-0.05, 0) is 19.1 Å². The normalized spacial score (nSPS) is 11.6. The molecule has 19 heavy (non-hydrogen) atoms. The van der Waals surface area contributed by atoms with Crippen LogP contribution in [0.5, 0.6) is 0 Å². The van der Waals surface area contributed by atoms with Gasteiger partial charge in [-0.2, -0.15) is 0 Å². The molecule has 108 valence electrons. The third kappa shape index (κ3) is 6.29. The summed E-state index contributed by atoms with van der Waals surface area (Å²) in [4.78, 5) is 5.21. The number of hydrogen-bond donors (Lipinski definition) is 0. The van der Waals surface area contributed by atoms with Crippen molar-refractivity contribution in [2.75, 3.05) is 31.7 Å². The minimum Gasteiger partial charge on any atom is -0.384 e. The van der Waals surface area contributed by atoms with Gasteiger partial charge in [0.1, 0.15) is 0 Å². The molecule has 1 rings (SSSR count). The molecular formula is C14H23NO3S. The van der Waals surface area contributed by atoms with Crippen molar-refractivity contribution in [3.8, 4) is 0 Å². The zero-order valence-electron chi connectivity index (χ0n) is 12.3. The lowest BCUT2D eigenvalue weighted by molar-refractivity contribution is -0.216. The molecule has 0 radical (unpaired) electrons. The Balaban J connectivity index is 2.27. The van der Waals surface area contributed by atoms with Crippen molar-refractivity contribution >= 4 is 17.9 Å². The van der Waals surface area contributed by atoms with Crippen molar-refractivity contribution < 1.29 is 14.0 Å². The number of ether oxygens (including phenoxy) is 1. The molecule has 0 unspecified atom stereocenters. The fraction of sp³-hybridized carbons (Fsp3) is 0.571. The molecule has 0 spiro atoms. The number of nitrogens with zero attached hydrogens (tertiary/aromatic N) is 1. The Morgan fingerprint density at radius 3 is 2.37 bits per heavy atom. The maximum Gasteiger partial charge on any atom is 0.151 e. The molecule has 0 saturated heterocycles. The molecular weight excluding hydrogens is 262 g/mol. The molecule has 0 aliphatic carbocycles. The van der Waals surface area contributed by atoms with Gasteiger partial charge in [0.15, 0.2) is 12.2 Å². The summed E-state index contributed by atoms with van der Waals surface area (Å²) in [5, 5.41) is 0. The molecule has 1 aromatic rings. The Labute approximate surface area is 120 Å². The quantitative estimate of drug-likeness (QED) is 0.239. The van der Waals surface area contributed by atoms with E-state index in [0.29, 0.717) is 13.2 Å². The third-order valence-electron chi connectivity index (χ3n) is 2.57. The first-order valence-electron chi connectivity index (χ1n) is 6.20. The second-order valence-corrected chi connectivity index (χ2v) is 6.17. The van der Waals surface area contributed by atoms with E-state index in [0.717, 1.165) is 17.9 Å². The number of benzene rings is 1. The second kappa shape index (κ2) is 7.75. The Morgan fingerprint density at radius 2 is 1.79 bits per heavy atom. The van der Waals surface area contributed by atoms with Crippen molar-refractivity contribution in [3.63, 3.8) is 0 Å². The maximum absolute atomic E-state index is 5.21. The molecule has 0 bridgehead atoms. The van der Waals surface area contributed by atoms with E-state index in [-0.39, 0.29) is 5.41 Å². The molecule has 1 aromatic carbocycles. The van der Waals surface area contributed by atoms with Gasteiger partial charge in [-0.25, -0.2) is 4.89 Å². The first-order valence-corrected chi connectivity index (χ1v) is 6.90. The van der Waals surface area contributed by atoms with E-state index in [1.165, 1.54) is 5.56 Å². The van der Waals surface area contributed by atoms with Gasteiger partial charge in [-0.15, -0.1) is 4.33 Å². The minimum atomic E-state index is -0.0578. The predicted molar refractivity (Wildman–Crippen MR) is 79.9 cm³/mol. The molecule has 0 aromatic heterocycles.